The van der Waals surface area contributed by atoms with Crippen LogP contribution in [0.15, 0.2) is 61.2 Å². The van der Waals surface area contributed by atoms with Crippen LogP contribution in [0.3, 0.4) is 0 Å². The molecular weight excluding hydrogens is 324 g/mol. The molecular formula is C21H24N4O. The van der Waals surface area contributed by atoms with Crippen molar-refractivity contribution in [1.82, 2.24) is 19.2 Å². The van der Waals surface area contributed by atoms with E-state index in [1.165, 1.54) is 5.56 Å². The van der Waals surface area contributed by atoms with Crippen LogP contribution in [-0.2, 0) is 6.54 Å². The quantitative estimate of drug-likeness (QED) is 0.724. The Labute approximate surface area is 153 Å². The number of carbonyl (C=O) groups is 1. The third-order valence-electron chi connectivity index (χ3n) is 5.02. The van der Waals surface area contributed by atoms with Gasteiger partial charge in [0.05, 0.1) is 12.2 Å². The van der Waals surface area contributed by atoms with Crippen LogP contribution in [0.5, 0.6) is 0 Å². The maximum absolute atomic E-state index is 12.9. The summed E-state index contributed by atoms with van der Waals surface area (Å²) < 4.78 is 4.13. The van der Waals surface area contributed by atoms with Gasteiger partial charge in [-0.1, -0.05) is 12.1 Å². The van der Waals surface area contributed by atoms with Gasteiger partial charge in [-0.3, -0.25) is 9.48 Å². The Morgan fingerprint density at radius 2 is 1.96 bits per heavy atom. The molecule has 1 amide bonds. The maximum atomic E-state index is 12.9. The van der Waals surface area contributed by atoms with Crippen LogP contribution in [-0.4, -0.2) is 38.2 Å². The van der Waals surface area contributed by atoms with Gasteiger partial charge in [-0.15, -0.1) is 0 Å². The van der Waals surface area contributed by atoms with E-state index < -0.39 is 0 Å². The number of likely N-dealkylation sites (tertiary alicyclic amines) is 1. The van der Waals surface area contributed by atoms with Gasteiger partial charge in [-0.2, -0.15) is 5.10 Å². The van der Waals surface area contributed by atoms with E-state index in [1.54, 1.807) is 0 Å². The van der Waals surface area contributed by atoms with Gasteiger partial charge in [0.25, 0.3) is 5.91 Å². The first-order valence-electron chi connectivity index (χ1n) is 9.19. The second kappa shape index (κ2) is 7.20. The predicted molar refractivity (Wildman–Crippen MR) is 101 cm³/mol. The van der Waals surface area contributed by atoms with Crippen LogP contribution in [0.2, 0.25) is 0 Å². The van der Waals surface area contributed by atoms with Crippen molar-refractivity contribution >= 4 is 5.91 Å². The molecule has 5 nitrogen and oxygen atoms in total. The summed E-state index contributed by atoms with van der Waals surface area (Å²) in [7, 11) is 0. The molecule has 0 N–H and O–H groups in total. The average Bonchev–Trinajstić information content (AvgIpc) is 3.34. The minimum atomic E-state index is 0.117. The molecule has 4 rings (SSSR count). The lowest BCUT2D eigenvalue weighted by Gasteiger charge is -2.33. The molecule has 2 aromatic heterocycles. The predicted octanol–water partition coefficient (Wildman–Crippen LogP) is 3.52. The minimum absolute atomic E-state index is 0.117. The molecule has 0 spiro atoms. The van der Waals surface area contributed by atoms with Crippen LogP contribution in [0.1, 0.15) is 40.4 Å². The van der Waals surface area contributed by atoms with Crippen LogP contribution in [0.25, 0.3) is 0 Å². The third-order valence-corrected chi connectivity index (χ3v) is 5.02. The summed E-state index contributed by atoms with van der Waals surface area (Å²) in [6, 6.07) is 12.3. The summed E-state index contributed by atoms with van der Waals surface area (Å²) in [4.78, 5) is 14.9. The van der Waals surface area contributed by atoms with Crippen LogP contribution >= 0.6 is 0 Å². The number of aromatic nitrogens is 3. The first-order valence-corrected chi connectivity index (χ1v) is 9.19. The standard InChI is InChI=1S/C21H24N4O/c1-17-13-22-25(14-17)20-5-4-12-24(16-20)21(26)19-8-6-18(7-9-19)15-23-10-2-3-11-23/h2-3,6-11,13-14,20H,4-5,12,15-16H2,1H3. The lowest BCUT2D eigenvalue weighted by atomic mass is 10.0. The molecule has 1 atom stereocenters. The molecule has 0 saturated carbocycles. The summed E-state index contributed by atoms with van der Waals surface area (Å²) >= 11 is 0. The summed E-state index contributed by atoms with van der Waals surface area (Å²) in [5.41, 5.74) is 3.12. The molecule has 0 aliphatic carbocycles. The molecule has 1 saturated heterocycles. The summed E-state index contributed by atoms with van der Waals surface area (Å²) in [6.45, 7) is 4.42. The molecule has 1 aliphatic heterocycles. The number of nitrogens with zero attached hydrogens (tertiary/aromatic N) is 4. The van der Waals surface area contributed by atoms with Gasteiger partial charge in [0.15, 0.2) is 0 Å². The molecule has 0 radical (unpaired) electrons. The minimum Gasteiger partial charge on any atom is -0.350 e. The molecule has 1 fully saturated rings. The molecule has 3 aromatic rings. The fraction of sp³-hybridized carbons (Fsp3) is 0.333. The highest BCUT2D eigenvalue weighted by molar-refractivity contribution is 5.94. The highest BCUT2D eigenvalue weighted by Crippen LogP contribution is 2.23. The zero-order valence-electron chi connectivity index (χ0n) is 15.1. The number of aryl methyl sites for hydroxylation is 1. The molecule has 0 bridgehead atoms. The smallest absolute Gasteiger partial charge is 0.253 e. The maximum Gasteiger partial charge on any atom is 0.253 e. The lowest BCUT2D eigenvalue weighted by molar-refractivity contribution is 0.0673. The number of rotatable bonds is 4. The number of hydrogen-bond acceptors (Lipinski definition) is 2. The van der Waals surface area contributed by atoms with E-state index in [1.807, 2.05) is 71.5 Å². The average molecular weight is 348 g/mol. The zero-order valence-corrected chi connectivity index (χ0v) is 15.1. The van der Waals surface area contributed by atoms with Crippen LogP contribution in [0, 0.1) is 6.92 Å². The largest absolute Gasteiger partial charge is 0.350 e. The van der Waals surface area contributed by atoms with Gasteiger partial charge in [0.1, 0.15) is 0 Å². The van der Waals surface area contributed by atoms with Crippen molar-refractivity contribution in [3.63, 3.8) is 0 Å². The van der Waals surface area contributed by atoms with Crippen molar-refractivity contribution in [2.24, 2.45) is 0 Å². The van der Waals surface area contributed by atoms with E-state index >= 15 is 0 Å². The summed E-state index contributed by atoms with van der Waals surface area (Å²) in [6.07, 6.45) is 10.1. The van der Waals surface area contributed by atoms with Crippen LogP contribution in [0.4, 0.5) is 0 Å². The van der Waals surface area contributed by atoms with Gasteiger partial charge in [0, 0.05) is 43.8 Å². The van der Waals surface area contributed by atoms with E-state index in [4.69, 9.17) is 0 Å². The van der Waals surface area contributed by atoms with Crippen molar-refractivity contribution in [3.05, 3.63) is 77.9 Å². The van der Waals surface area contributed by atoms with E-state index in [0.717, 1.165) is 43.6 Å². The number of amides is 1. The van der Waals surface area contributed by atoms with Crippen molar-refractivity contribution in [1.29, 1.82) is 0 Å². The molecule has 1 aliphatic rings. The van der Waals surface area contributed by atoms with E-state index in [-0.39, 0.29) is 11.9 Å². The first-order chi connectivity index (χ1) is 12.7. The Kier molecular flexibility index (Phi) is 4.61. The second-order valence-corrected chi connectivity index (χ2v) is 7.10. The summed E-state index contributed by atoms with van der Waals surface area (Å²) in [5.74, 6) is 0.117. The van der Waals surface area contributed by atoms with Gasteiger partial charge in [-0.05, 0) is 55.2 Å². The molecule has 3 heterocycles. The first kappa shape index (κ1) is 16.6. The zero-order chi connectivity index (χ0) is 17.9. The Morgan fingerprint density at radius 3 is 2.65 bits per heavy atom. The summed E-state index contributed by atoms with van der Waals surface area (Å²) in [5, 5.41) is 4.43. The van der Waals surface area contributed by atoms with Gasteiger partial charge in [-0.25, -0.2) is 0 Å². The molecule has 5 heteroatoms. The van der Waals surface area contributed by atoms with Crippen LogP contribution < -0.4 is 0 Å². The third kappa shape index (κ3) is 3.57. The van der Waals surface area contributed by atoms with Crippen molar-refractivity contribution in [2.45, 2.75) is 32.4 Å². The van der Waals surface area contributed by atoms with Gasteiger partial charge < -0.3 is 9.47 Å². The lowest BCUT2D eigenvalue weighted by Crippen LogP contribution is -2.40. The van der Waals surface area contributed by atoms with E-state index in [9.17, 15) is 4.79 Å². The van der Waals surface area contributed by atoms with E-state index in [0.29, 0.717) is 0 Å². The molecule has 1 aromatic carbocycles. The fourth-order valence-corrected chi connectivity index (χ4v) is 3.61. The highest BCUT2D eigenvalue weighted by atomic mass is 16.2. The SMILES string of the molecule is Cc1cnn(C2CCCN(C(=O)c3ccc(Cn4cccc4)cc3)C2)c1. The van der Waals surface area contributed by atoms with E-state index in [2.05, 4.69) is 15.9 Å². The Bertz CT molecular complexity index is 864. The molecule has 26 heavy (non-hydrogen) atoms. The Hall–Kier alpha value is -2.82. The Morgan fingerprint density at radius 1 is 1.19 bits per heavy atom. The topological polar surface area (TPSA) is 43.1 Å². The number of piperidine rings is 1. The fourth-order valence-electron chi connectivity index (χ4n) is 3.61. The van der Waals surface area contributed by atoms with Crippen molar-refractivity contribution in [2.75, 3.05) is 13.1 Å². The molecule has 1 unspecified atom stereocenters. The normalized spacial score (nSPS) is 17.4. The van der Waals surface area contributed by atoms with Gasteiger partial charge >= 0.3 is 0 Å². The van der Waals surface area contributed by atoms with Crippen molar-refractivity contribution in [3.8, 4) is 0 Å². The molecule has 134 valence electrons. The number of carbonyl (C=O) groups excluding carboxylic acids is 1. The van der Waals surface area contributed by atoms with Crippen molar-refractivity contribution < 1.29 is 4.79 Å². The Balaban J connectivity index is 1.43. The second-order valence-electron chi connectivity index (χ2n) is 7.10. The number of hydrogen-bond donors (Lipinski definition) is 0. The monoisotopic (exact) mass is 348 g/mol. The number of benzene rings is 1. The van der Waals surface area contributed by atoms with Gasteiger partial charge in [0.2, 0.25) is 0 Å². The highest BCUT2D eigenvalue weighted by Gasteiger charge is 2.25.